The average Bonchev–Trinajstić information content (AvgIpc) is 2.72. The average molecular weight is 250 g/mol. The van der Waals surface area contributed by atoms with Crippen LogP contribution in [-0.2, 0) is 0 Å². The molecule has 0 aliphatic carbocycles. The van der Waals surface area contributed by atoms with Gasteiger partial charge in [-0.1, -0.05) is 13.3 Å². The van der Waals surface area contributed by atoms with Gasteiger partial charge in [-0.25, -0.2) is 9.97 Å². The predicted molar refractivity (Wildman–Crippen MR) is 73.5 cm³/mol. The second-order valence-corrected chi connectivity index (χ2v) is 5.06. The quantitative estimate of drug-likeness (QED) is 0.856. The van der Waals surface area contributed by atoms with Crippen molar-refractivity contribution in [2.24, 2.45) is 5.73 Å². The van der Waals surface area contributed by atoms with E-state index in [2.05, 4.69) is 34.5 Å². The van der Waals surface area contributed by atoms with Crippen molar-refractivity contribution in [2.75, 3.05) is 11.9 Å². The van der Waals surface area contributed by atoms with E-state index >= 15 is 0 Å². The van der Waals surface area contributed by atoms with Crippen LogP contribution >= 0.6 is 11.3 Å². The summed E-state index contributed by atoms with van der Waals surface area (Å²) in [6, 6.07) is 0.292. The molecule has 1 atom stereocenters. The molecule has 0 fully saturated rings. The molecular formula is C12H18N4S. The molecule has 2 heterocycles. The maximum atomic E-state index is 5.75. The summed E-state index contributed by atoms with van der Waals surface area (Å²) in [5.74, 6) is 0.914. The number of rotatable bonds is 5. The predicted octanol–water partition coefficient (Wildman–Crippen LogP) is 2.54. The smallest absolute Gasteiger partial charge is 0.147 e. The Bertz CT molecular complexity index is 494. The first kappa shape index (κ1) is 12.3. The number of aryl methyl sites for hydroxylation is 1. The first-order valence-electron chi connectivity index (χ1n) is 5.91. The standard InChI is InChI=1S/C12H18N4S/c1-3-4-9(5-13)16-12-11-10(14-7-15-12)8(2)6-17-11/h6-7,9H,3-5,13H2,1-2H3,(H,14,15,16). The molecule has 0 radical (unpaired) electrons. The van der Waals surface area contributed by atoms with Crippen LogP contribution in [0.25, 0.3) is 10.2 Å². The SMILES string of the molecule is CCCC(CN)Nc1ncnc2c(C)csc12. The summed E-state index contributed by atoms with van der Waals surface area (Å²) in [6.07, 6.45) is 3.79. The molecule has 0 aromatic carbocycles. The number of hydrogen-bond donors (Lipinski definition) is 2. The van der Waals surface area contributed by atoms with Crippen LogP contribution < -0.4 is 11.1 Å². The van der Waals surface area contributed by atoms with Crippen molar-refractivity contribution in [3.8, 4) is 0 Å². The Labute approximate surface area is 105 Å². The van der Waals surface area contributed by atoms with Crippen molar-refractivity contribution < 1.29 is 0 Å². The van der Waals surface area contributed by atoms with Crippen LogP contribution in [0.1, 0.15) is 25.3 Å². The molecule has 2 aromatic rings. The Kier molecular flexibility index (Phi) is 3.91. The van der Waals surface area contributed by atoms with Crippen LogP contribution in [0.4, 0.5) is 5.82 Å². The molecule has 4 nitrogen and oxygen atoms in total. The summed E-state index contributed by atoms with van der Waals surface area (Å²) in [5, 5.41) is 5.53. The van der Waals surface area contributed by atoms with Crippen molar-refractivity contribution >= 4 is 27.4 Å². The molecule has 92 valence electrons. The minimum atomic E-state index is 0.292. The molecule has 2 rings (SSSR count). The van der Waals surface area contributed by atoms with Crippen LogP contribution in [0.3, 0.4) is 0 Å². The van der Waals surface area contributed by atoms with Crippen LogP contribution in [0.5, 0.6) is 0 Å². The van der Waals surface area contributed by atoms with E-state index in [9.17, 15) is 0 Å². The van der Waals surface area contributed by atoms with E-state index in [1.165, 1.54) is 5.56 Å². The molecule has 1 unspecified atom stereocenters. The highest BCUT2D eigenvalue weighted by molar-refractivity contribution is 7.18. The topological polar surface area (TPSA) is 63.8 Å². The molecule has 0 amide bonds. The lowest BCUT2D eigenvalue weighted by Crippen LogP contribution is -2.29. The second-order valence-electron chi connectivity index (χ2n) is 4.18. The number of nitrogens with zero attached hydrogens (tertiary/aromatic N) is 2. The number of hydrogen-bond acceptors (Lipinski definition) is 5. The zero-order chi connectivity index (χ0) is 12.3. The van der Waals surface area contributed by atoms with Gasteiger partial charge in [0, 0.05) is 12.6 Å². The van der Waals surface area contributed by atoms with E-state index < -0.39 is 0 Å². The number of nitrogens with two attached hydrogens (primary N) is 1. The Morgan fingerprint density at radius 2 is 2.29 bits per heavy atom. The van der Waals surface area contributed by atoms with E-state index in [1.54, 1.807) is 17.7 Å². The molecule has 0 spiro atoms. The molecule has 0 aliphatic rings. The lowest BCUT2D eigenvalue weighted by Gasteiger charge is -2.16. The zero-order valence-corrected chi connectivity index (χ0v) is 11.0. The monoisotopic (exact) mass is 250 g/mol. The van der Waals surface area contributed by atoms with Crippen molar-refractivity contribution in [3.63, 3.8) is 0 Å². The maximum Gasteiger partial charge on any atom is 0.147 e. The van der Waals surface area contributed by atoms with E-state index in [4.69, 9.17) is 5.73 Å². The van der Waals surface area contributed by atoms with Gasteiger partial charge in [-0.05, 0) is 24.3 Å². The Morgan fingerprint density at radius 3 is 3.00 bits per heavy atom. The van der Waals surface area contributed by atoms with E-state index in [0.29, 0.717) is 12.6 Å². The van der Waals surface area contributed by atoms with Crippen LogP contribution in [0.2, 0.25) is 0 Å². The summed E-state index contributed by atoms with van der Waals surface area (Å²) < 4.78 is 1.12. The second kappa shape index (κ2) is 5.42. The lowest BCUT2D eigenvalue weighted by molar-refractivity contribution is 0.646. The Hall–Kier alpha value is -1.20. The summed E-state index contributed by atoms with van der Waals surface area (Å²) >= 11 is 1.68. The van der Waals surface area contributed by atoms with Crippen LogP contribution in [0, 0.1) is 6.92 Å². The van der Waals surface area contributed by atoms with Gasteiger partial charge in [-0.2, -0.15) is 0 Å². The summed E-state index contributed by atoms with van der Waals surface area (Å²) in [5.41, 5.74) is 8.00. The minimum Gasteiger partial charge on any atom is -0.365 e. The normalized spacial score (nSPS) is 12.9. The fraction of sp³-hybridized carbons (Fsp3) is 0.500. The van der Waals surface area contributed by atoms with Gasteiger partial charge in [0.1, 0.15) is 12.1 Å². The lowest BCUT2D eigenvalue weighted by atomic mass is 10.1. The molecule has 5 heteroatoms. The van der Waals surface area contributed by atoms with Gasteiger partial charge in [0.25, 0.3) is 0 Å². The van der Waals surface area contributed by atoms with Crippen molar-refractivity contribution in [1.82, 2.24) is 9.97 Å². The Balaban J connectivity index is 2.29. The van der Waals surface area contributed by atoms with Gasteiger partial charge >= 0.3 is 0 Å². The highest BCUT2D eigenvalue weighted by Gasteiger charge is 2.11. The van der Waals surface area contributed by atoms with Crippen LogP contribution in [-0.4, -0.2) is 22.6 Å². The molecule has 0 saturated carbocycles. The first-order chi connectivity index (χ1) is 8.26. The molecular weight excluding hydrogens is 232 g/mol. The number of aromatic nitrogens is 2. The fourth-order valence-corrected chi connectivity index (χ4v) is 2.82. The molecule has 0 bridgehead atoms. The summed E-state index contributed by atoms with van der Waals surface area (Å²) in [7, 11) is 0. The summed E-state index contributed by atoms with van der Waals surface area (Å²) in [6.45, 7) is 4.86. The van der Waals surface area contributed by atoms with Crippen molar-refractivity contribution in [2.45, 2.75) is 32.7 Å². The number of anilines is 1. The van der Waals surface area contributed by atoms with E-state index in [1.807, 2.05) is 0 Å². The van der Waals surface area contributed by atoms with Gasteiger partial charge in [0.05, 0.1) is 10.2 Å². The highest BCUT2D eigenvalue weighted by Crippen LogP contribution is 2.28. The molecule has 17 heavy (non-hydrogen) atoms. The van der Waals surface area contributed by atoms with Crippen molar-refractivity contribution in [3.05, 3.63) is 17.3 Å². The number of fused-ring (bicyclic) bond motifs is 1. The third kappa shape index (κ3) is 2.56. The van der Waals surface area contributed by atoms with Gasteiger partial charge in [0.15, 0.2) is 0 Å². The molecule has 2 aromatic heterocycles. The third-order valence-electron chi connectivity index (χ3n) is 2.79. The van der Waals surface area contributed by atoms with Gasteiger partial charge in [0.2, 0.25) is 0 Å². The number of thiophene rings is 1. The minimum absolute atomic E-state index is 0.292. The zero-order valence-electron chi connectivity index (χ0n) is 10.2. The largest absolute Gasteiger partial charge is 0.365 e. The molecule has 0 aliphatic heterocycles. The van der Waals surface area contributed by atoms with Gasteiger partial charge in [-0.3, -0.25) is 0 Å². The van der Waals surface area contributed by atoms with Crippen molar-refractivity contribution in [1.29, 1.82) is 0 Å². The van der Waals surface area contributed by atoms with Crippen LogP contribution in [0.15, 0.2) is 11.7 Å². The fourth-order valence-electron chi connectivity index (χ4n) is 1.86. The third-order valence-corrected chi connectivity index (χ3v) is 3.89. The first-order valence-corrected chi connectivity index (χ1v) is 6.79. The molecule has 0 saturated heterocycles. The highest BCUT2D eigenvalue weighted by atomic mass is 32.1. The molecule has 3 N–H and O–H groups in total. The number of nitrogens with one attached hydrogen (secondary N) is 1. The van der Waals surface area contributed by atoms with Gasteiger partial charge < -0.3 is 11.1 Å². The van der Waals surface area contributed by atoms with Gasteiger partial charge in [-0.15, -0.1) is 11.3 Å². The van der Waals surface area contributed by atoms with E-state index in [0.717, 1.165) is 28.9 Å². The summed E-state index contributed by atoms with van der Waals surface area (Å²) in [4.78, 5) is 8.63. The van der Waals surface area contributed by atoms with E-state index in [-0.39, 0.29) is 0 Å². The maximum absolute atomic E-state index is 5.75. The Morgan fingerprint density at radius 1 is 1.47 bits per heavy atom.